The van der Waals surface area contributed by atoms with Crippen molar-refractivity contribution in [2.75, 3.05) is 92.5 Å². The molecule has 0 aliphatic heterocycles. The molecule has 2 N–H and O–H groups in total. The van der Waals surface area contributed by atoms with Crippen molar-refractivity contribution < 1.29 is 129 Å². The van der Waals surface area contributed by atoms with E-state index in [-0.39, 0.29) is 50.6 Å². The zero-order valence-electron chi connectivity index (χ0n) is 65.7. The molecule has 0 saturated heterocycles. The molecule has 8 unspecified atom stereocenters. The molecule has 6 saturated carbocycles. The van der Waals surface area contributed by atoms with Gasteiger partial charge in [0.2, 0.25) is 0 Å². The summed E-state index contributed by atoms with van der Waals surface area (Å²) in [6.45, 7) is 52.7. The average molecular weight is 1570 g/mol. The minimum absolute atomic E-state index is 0. The fraction of sp³-hybridized carbons (Fsp3) is 0.536. The first-order valence-corrected chi connectivity index (χ1v) is 36.0. The molecule has 0 aromatic heterocycles. The van der Waals surface area contributed by atoms with Crippen molar-refractivity contribution in [1.29, 1.82) is 0 Å². The number of hydrogen-bond donors (Lipinski definition) is 0. The second-order valence-corrected chi connectivity index (χ2v) is 25.7. The summed E-state index contributed by atoms with van der Waals surface area (Å²) in [6.07, 6.45) is 31.9. The van der Waals surface area contributed by atoms with Crippen LogP contribution in [0, 0.1) is 63.6 Å². The summed E-state index contributed by atoms with van der Waals surface area (Å²) >= 11 is 0. The Balaban J connectivity index is -0.000000439. The van der Waals surface area contributed by atoms with Gasteiger partial charge in [0.25, 0.3) is 0 Å². The van der Waals surface area contributed by atoms with Crippen LogP contribution in [0.25, 0.3) is 0 Å². The van der Waals surface area contributed by atoms with Gasteiger partial charge in [0.15, 0.2) is 0 Å². The molecule has 0 heterocycles. The number of hydrogen-bond acceptors (Lipinski definition) is 26. The summed E-state index contributed by atoms with van der Waals surface area (Å²) in [5.74, 6) is 1.72. The Hall–Kier alpha value is -10.2. The van der Waals surface area contributed by atoms with Crippen LogP contribution >= 0.6 is 0 Å². The van der Waals surface area contributed by atoms with E-state index in [1.807, 2.05) is 13.7 Å². The van der Waals surface area contributed by atoms with E-state index in [2.05, 4.69) is 99.7 Å². The molecule has 6 aliphatic carbocycles. The van der Waals surface area contributed by atoms with Crippen LogP contribution in [0.2, 0.25) is 0 Å². The van der Waals surface area contributed by atoms with Gasteiger partial charge < -0.3 is 71.8 Å². The van der Waals surface area contributed by atoms with Crippen molar-refractivity contribution >= 4 is 78.4 Å². The summed E-state index contributed by atoms with van der Waals surface area (Å²) in [5, 5.41) is 0. The predicted octanol–water partition coefficient (Wildman–Crippen LogP) is 12.0. The first kappa shape index (κ1) is 109. The van der Waals surface area contributed by atoms with Crippen LogP contribution in [0.1, 0.15) is 132 Å². The molecule has 0 radical (unpaired) electrons. The Labute approximate surface area is 657 Å². The van der Waals surface area contributed by atoms with Crippen molar-refractivity contribution in [1.82, 2.24) is 0 Å². The van der Waals surface area contributed by atoms with E-state index in [0.29, 0.717) is 31.8 Å². The highest BCUT2D eigenvalue weighted by Gasteiger charge is 2.50. The summed E-state index contributed by atoms with van der Waals surface area (Å²) < 4.78 is 65.1. The lowest BCUT2D eigenvalue weighted by Crippen LogP contribution is -2.47. The van der Waals surface area contributed by atoms with Gasteiger partial charge in [-0.2, -0.15) is 0 Å². The zero-order valence-corrected chi connectivity index (χ0v) is 65.7. The van der Waals surface area contributed by atoms with Gasteiger partial charge >= 0.3 is 71.6 Å². The number of esters is 12. The molecule has 0 aromatic carbocycles. The topological polar surface area (TPSA) is 373 Å². The molecule has 6 aliphatic rings. The maximum Gasteiger partial charge on any atom is 0.333 e. The minimum Gasteiger partial charge on any atom is -0.463 e. The number of carbonyl (C=O) groups excluding carboxylic acids is 13. The predicted molar refractivity (Wildman–Crippen MR) is 421 cm³/mol. The number of carbonyl (C=O) groups is 13. The number of ether oxygens (including phenoxy) is 13. The maximum atomic E-state index is 11.8. The summed E-state index contributed by atoms with van der Waals surface area (Å²) in [5.41, 5.74) is -3.37. The molecule has 6 rings (SSSR count). The summed E-state index contributed by atoms with van der Waals surface area (Å²) in [7, 11) is 0. The van der Waals surface area contributed by atoms with Crippen molar-refractivity contribution in [3.63, 3.8) is 0 Å². The number of fused-ring (bicyclic) bond motifs is 10. The first-order valence-electron chi connectivity index (χ1n) is 36.0. The van der Waals surface area contributed by atoms with Crippen LogP contribution in [-0.2, 0) is 124 Å². The Morgan fingerprint density at radius 2 is 0.495 bits per heavy atom. The van der Waals surface area contributed by atoms with Crippen molar-refractivity contribution in [2.24, 2.45) is 63.6 Å². The number of allylic oxidation sites excluding steroid dienone is 1. The third kappa shape index (κ3) is 46.2. The molecule has 111 heavy (non-hydrogen) atoms. The molecule has 0 spiro atoms. The second kappa shape index (κ2) is 64.6. The van der Waals surface area contributed by atoms with Crippen LogP contribution in [0.4, 0.5) is 0 Å². The Bertz CT molecular complexity index is 2660. The Morgan fingerprint density at radius 1 is 0.315 bits per heavy atom. The molecular weight excluding hydrogens is 1440 g/mol. The van der Waals surface area contributed by atoms with Crippen molar-refractivity contribution in [3.8, 4) is 0 Å². The normalized spacial score (nSPS) is 17.9. The van der Waals surface area contributed by atoms with E-state index >= 15 is 0 Å². The molecule has 27 nitrogen and oxygen atoms in total. The lowest BCUT2D eigenvalue weighted by molar-refractivity contribution is -0.170. The Kier molecular flexibility index (Phi) is 63.7. The van der Waals surface area contributed by atoms with Crippen molar-refractivity contribution in [2.45, 2.75) is 132 Å². The molecule has 624 valence electrons. The van der Waals surface area contributed by atoms with Gasteiger partial charge in [0, 0.05) is 72.4 Å². The summed E-state index contributed by atoms with van der Waals surface area (Å²) in [4.78, 5) is 143. The van der Waals surface area contributed by atoms with E-state index in [0.717, 1.165) is 66.8 Å². The molecular formula is C84H126O27. The van der Waals surface area contributed by atoms with Crippen LogP contribution in [0.5, 0.6) is 0 Å². The van der Waals surface area contributed by atoms with Crippen LogP contribution in [0.3, 0.4) is 0 Å². The second-order valence-electron chi connectivity index (χ2n) is 25.7. The highest BCUT2D eigenvalue weighted by Crippen LogP contribution is 2.59. The van der Waals surface area contributed by atoms with Gasteiger partial charge in [0.1, 0.15) is 66.3 Å². The standard InChI is InChI=1S/C28H34O13.C15H20O6.2C10H16.C6H10O2.2C5H8O2.C3H6.CH2O.CH4.H2O/c1-7-21(29)36-15-27(16-37-22(30)8-2,17-38-23(31)9-3)13-35-14-28(18-39-24(32)10-4,19-40-25(33)11-5)20-41-26(34)12-6;1-5-12(16)19-9-15(8-4,10-20-13(17)6-2)11-21-14(18)7-3;2*1-2-9-7-4-5-8(6-7)10(9)3-1;1-4-8-6(7)5(2)3;2*1-3-5(6)7-4-2;1-3-2;1-2;;/h7-12H,1-6,13-20H2;5-7H,1-3,8-11H2,4H3;2*7-10H,1-6H2;2,4H2,1,3H3;2*3H,1,4H2,2H3;3H,1H2,2H3;1H2;1H4;1H2. The van der Waals surface area contributed by atoms with E-state index in [1.165, 1.54) is 47.3 Å². The molecule has 4 bridgehead atoms. The molecule has 27 heteroatoms. The zero-order chi connectivity index (χ0) is 83.4. The monoisotopic (exact) mass is 1570 g/mol. The Morgan fingerprint density at radius 3 is 0.640 bits per heavy atom. The van der Waals surface area contributed by atoms with Gasteiger partial charge in [0.05, 0.1) is 49.3 Å². The SMILES string of the molecule is C.C1CC2C3CCC(C3)C2C1.C1CC2C3CCC(C3)C2C1.C=C(C)C(=O)OCC.C=CC.C=CC(=O)OCC.C=CC(=O)OCC.C=CC(=O)OCC(CC)(COC(=O)C=C)COC(=O)C=C.C=CC(=O)OCC(COCC(COC(=O)C=C)(COC(=O)C=C)COC(=O)C=C)(COC(=O)C=C)COC(=O)C=C.C=O.O. The average Bonchev–Trinajstić information content (AvgIpc) is 1.63. The van der Waals surface area contributed by atoms with Crippen LogP contribution < -0.4 is 0 Å². The fourth-order valence-electron chi connectivity index (χ4n) is 12.7. The maximum absolute atomic E-state index is 11.8. The largest absolute Gasteiger partial charge is 0.463 e. The van der Waals surface area contributed by atoms with Gasteiger partial charge in [-0.15, -0.1) is 6.58 Å². The summed E-state index contributed by atoms with van der Waals surface area (Å²) in [6, 6.07) is 0. The van der Waals surface area contributed by atoms with Crippen molar-refractivity contribution in [3.05, 3.63) is 164 Å². The minimum atomic E-state index is -1.49. The fourth-order valence-corrected chi connectivity index (χ4v) is 12.7. The lowest BCUT2D eigenvalue weighted by Gasteiger charge is -2.35. The van der Waals surface area contributed by atoms with Gasteiger partial charge in [-0.05, 0) is 153 Å². The highest BCUT2D eigenvalue weighted by molar-refractivity contribution is 5.87. The van der Waals surface area contributed by atoms with E-state index < -0.39 is 123 Å². The van der Waals surface area contributed by atoms with Crippen LogP contribution in [0.15, 0.2) is 164 Å². The van der Waals surface area contributed by atoms with E-state index in [4.69, 9.17) is 52.2 Å². The van der Waals surface area contributed by atoms with Gasteiger partial charge in [-0.3, -0.25) is 0 Å². The number of rotatable bonds is 38. The van der Waals surface area contributed by atoms with Gasteiger partial charge in [-0.1, -0.05) is 112 Å². The molecule has 0 amide bonds. The van der Waals surface area contributed by atoms with E-state index in [1.54, 1.807) is 118 Å². The van der Waals surface area contributed by atoms with Gasteiger partial charge in [-0.25, -0.2) is 57.5 Å². The van der Waals surface area contributed by atoms with E-state index in [9.17, 15) is 57.5 Å². The molecule has 0 aromatic rings. The lowest BCUT2D eigenvalue weighted by atomic mass is 9.82. The third-order valence-corrected chi connectivity index (χ3v) is 18.0. The van der Waals surface area contributed by atoms with Crippen LogP contribution in [-0.4, -0.2) is 176 Å². The quantitative estimate of drug-likeness (QED) is 0.0240. The molecule has 8 atom stereocenters. The molecule has 6 fully saturated rings. The first-order chi connectivity index (χ1) is 52.0. The highest BCUT2D eigenvalue weighted by atomic mass is 16.6. The smallest absolute Gasteiger partial charge is 0.333 e. The third-order valence-electron chi connectivity index (χ3n) is 18.0.